The number of anilines is 1. The SMILES string of the molecule is Cc1ccc(CN2CCC(Nc3cccc(F)n3)C2=O)cc1. The average molecular weight is 299 g/mol. The van der Waals surface area contributed by atoms with Crippen molar-refractivity contribution in [2.24, 2.45) is 0 Å². The van der Waals surface area contributed by atoms with E-state index in [1.807, 2.05) is 36.1 Å². The Morgan fingerprint density at radius 3 is 2.77 bits per heavy atom. The zero-order valence-electron chi connectivity index (χ0n) is 12.4. The molecule has 1 atom stereocenters. The minimum Gasteiger partial charge on any atom is -0.358 e. The third kappa shape index (κ3) is 3.24. The van der Waals surface area contributed by atoms with Crippen LogP contribution < -0.4 is 5.32 Å². The van der Waals surface area contributed by atoms with Crippen molar-refractivity contribution in [1.82, 2.24) is 9.88 Å². The molecule has 3 rings (SSSR count). The van der Waals surface area contributed by atoms with Crippen LogP contribution in [0.4, 0.5) is 10.2 Å². The van der Waals surface area contributed by atoms with E-state index in [0.29, 0.717) is 25.3 Å². The molecule has 2 aromatic rings. The van der Waals surface area contributed by atoms with Gasteiger partial charge in [0.1, 0.15) is 11.9 Å². The predicted molar refractivity (Wildman–Crippen MR) is 82.8 cm³/mol. The Hall–Kier alpha value is -2.43. The number of aromatic nitrogens is 1. The summed E-state index contributed by atoms with van der Waals surface area (Å²) in [5, 5.41) is 3.01. The van der Waals surface area contributed by atoms with Gasteiger partial charge < -0.3 is 10.2 Å². The maximum Gasteiger partial charge on any atom is 0.245 e. The molecular formula is C17H18FN3O. The molecule has 0 saturated carbocycles. The summed E-state index contributed by atoms with van der Waals surface area (Å²) in [6.45, 7) is 3.34. The number of benzene rings is 1. The van der Waals surface area contributed by atoms with E-state index >= 15 is 0 Å². The molecule has 1 saturated heterocycles. The van der Waals surface area contributed by atoms with Crippen LogP contribution in [0, 0.1) is 12.9 Å². The predicted octanol–water partition coefficient (Wildman–Crippen LogP) is 2.74. The highest BCUT2D eigenvalue weighted by molar-refractivity contribution is 5.86. The Labute approximate surface area is 129 Å². The fourth-order valence-corrected chi connectivity index (χ4v) is 2.61. The lowest BCUT2D eigenvalue weighted by Gasteiger charge is -2.17. The van der Waals surface area contributed by atoms with Gasteiger partial charge in [-0.2, -0.15) is 4.39 Å². The van der Waals surface area contributed by atoms with Gasteiger partial charge in [-0.25, -0.2) is 4.98 Å². The average Bonchev–Trinajstić information content (AvgIpc) is 2.83. The van der Waals surface area contributed by atoms with Crippen molar-refractivity contribution in [2.75, 3.05) is 11.9 Å². The Morgan fingerprint density at radius 1 is 1.27 bits per heavy atom. The summed E-state index contributed by atoms with van der Waals surface area (Å²) in [6.07, 6.45) is 0.697. The number of carbonyl (C=O) groups excluding carboxylic acids is 1. The van der Waals surface area contributed by atoms with Gasteiger partial charge in [0.05, 0.1) is 0 Å². The number of carbonyl (C=O) groups is 1. The van der Waals surface area contributed by atoms with E-state index in [2.05, 4.69) is 10.3 Å². The van der Waals surface area contributed by atoms with E-state index in [1.54, 1.807) is 12.1 Å². The van der Waals surface area contributed by atoms with Gasteiger partial charge in [-0.1, -0.05) is 35.9 Å². The lowest BCUT2D eigenvalue weighted by molar-refractivity contribution is -0.128. The van der Waals surface area contributed by atoms with E-state index in [-0.39, 0.29) is 11.9 Å². The van der Waals surface area contributed by atoms with Crippen LogP contribution in [0.5, 0.6) is 0 Å². The zero-order chi connectivity index (χ0) is 15.5. The van der Waals surface area contributed by atoms with Gasteiger partial charge in [0.2, 0.25) is 11.9 Å². The third-order valence-electron chi connectivity index (χ3n) is 3.83. The molecule has 4 nitrogen and oxygen atoms in total. The van der Waals surface area contributed by atoms with E-state index in [1.165, 1.54) is 11.6 Å². The van der Waals surface area contributed by atoms with Crippen LogP contribution in [0.2, 0.25) is 0 Å². The van der Waals surface area contributed by atoms with Crippen LogP contribution in [0.1, 0.15) is 17.5 Å². The molecule has 0 radical (unpaired) electrons. The van der Waals surface area contributed by atoms with Crippen molar-refractivity contribution in [1.29, 1.82) is 0 Å². The molecule has 1 aromatic heterocycles. The summed E-state index contributed by atoms with van der Waals surface area (Å²) in [5.41, 5.74) is 2.32. The number of hydrogen-bond acceptors (Lipinski definition) is 3. The van der Waals surface area contributed by atoms with Crippen LogP contribution in [-0.4, -0.2) is 28.4 Å². The topological polar surface area (TPSA) is 45.2 Å². The number of likely N-dealkylation sites (tertiary alicyclic amines) is 1. The Balaban J connectivity index is 1.63. The van der Waals surface area contributed by atoms with Gasteiger partial charge in [-0.05, 0) is 31.0 Å². The standard InChI is InChI=1S/C17H18FN3O/c1-12-5-7-13(8-6-12)11-21-10-9-14(17(21)22)19-16-4-2-3-15(18)20-16/h2-8,14H,9-11H2,1H3,(H,19,20). The molecule has 1 aliphatic rings. The van der Waals surface area contributed by atoms with Crippen LogP contribution in [0.3, 0.4) is 0 Å². The van der Waals surface area contributed by atoms with Gasteiger partial charge in [-0.15, -0.1) is 0 Å². The molecule has 5 heteroatoms. The minimum atomic E-state index is -0.549. The van der Waals surface area contributed by atoms with Crippen molar-refractivity contribution < 1.29 is 9.18 Å². The maximum atomic E-state index is 13.1. The second-order valence-electron chi connectivity index (χ2n) is 5.58. The molecule has 1 amide bonds. The number of aryl methyl sites for hydroxylation is 1. The molecule has 1 N–H and O–H groups in total. The summed E-state index contributed by atoms with van der Waals surface area (Å²) in [6, 6.07) is 12.4. The molecule has 1 aliphatic heterocycles. The normalized spacial score (nSPS) is 17.8. The number of rotatable bonds is 4. The molecule has 0 spiro atoms. The molecule has 114 valence electrons. The highest BCUT2D eigenvalue weighted by Gasteiger charge is 2.31. The molecule has 2 heterocycles. The number of pyridine rings is 1. The smallest absolute Gasteiger partial charge is 0.245 e. The summed E-state index contributed by atoms with van der Waals surface area (Å²) in [7, 11) is 0. The van der Waals surface area contributed by atoms with Gasteiger partial charge in [-0.3, -0.25) is 4.79 Å². The number of nitrogens with zero attached hydrogens (tertiary/aromatic N) is 2. The lowest BCUT2D eigenvalue weighted by Crippen LogP contribution is -2.33. The number of nitrogens with one attached hydrogen (secondary N) is 1. The van der Waals surface area contributed by atoms with Gasteiger partial charge >= 0.3 is 0 Å². The van der Waals surface area contributed by atoms with Crippen molar-refractivity contribution in [2.45, 2.75) is 25.9 Å². The summed E-state index contributed by atoms with van der Waals surface area (Å²) in [5.74, 6) is -0.117. The highest BCUT2D eigenvalue weighted by Crippen LogP contribution is 2.18. The largest absolute Gasteiger partial charge is 0.358 e. The highest BCUT2D eigenvalue weighted by atomic mass is 19.1. The van der Waals surface area contributed by atoms with Crippen molar-refractivity contribution in [3.05, 3.63) is 59.5 Å². The fraction of sp³-hybridized carbons (Fsp3) is 0.294. The van der Waals surface area contributed by atoms with E-state index in [4.69, 9.17) is 0 Å². The van der Waals surface area contributed by atoms with E-state index in [9.17, 15) is 9.18 Å². The molecule has 22 heavy (non-hydrogen) atoms. The van der Waals surface area contributed by atoms with E-state index in [0.717, 1.165) is 5.56 Å². The first kappa shape index (κ1) is 14.5. The minimum absolute atomic E-state index is 0.0339. The molecule has 1 aromatic carbocycles. The van der Waals surface area contributed by atoms with Crippen molar-refractivity contribution in [3.63, 3.8) is 0 Å². The van der Waals surface area contributed by atoms with Gasteiger partial charge in [0, 0.05) is 13.1 Å². The number of halogens is 1. The Bertz CT molecular complexity index is 672. The van der Waals surface area contributed by atoms with E-state index < -0.39 is 5.95 Å². The fourth-order valence-electron chi connectivity index (χ4n) is 2.61. The third-order valence-corrected chi connectivity index (χ3v) is 3.83. The Kier molecular flexibility index (Phi) is 4.04. The van der Waals surface area contributed by atoms with Gasteiger partial charge in [0.25, 0.3) is 0 Å². The van der Waals surface area contributed by atoms with Crippen molar-refractivity contribution >= 4 is 11.7 Å². The van der Waals surface area contributed by atoms with Crippen LogP contribution in [0.25, 0.3) is 0 Å². The van der Waals surface area contributed by atoms with Gasteiger partial charge in [0.15, 0.2) is 0 Å². The molecule has 1 unspecified atom stereocenters. The summed E-state index contributed by atoms with van der Waals surface area (Å²) >= 11 is 0. The molecule has 0 bridgehead atoms. The Morgan fingerprint density at radius 2 is 2.05 bits per heavy atom. The lowest BCUT2D eigenvalue weighted by atomic mass is 10.1. The quantitative estimate of drug-likeness (QED) is 0.883. The first-order chi connectivity index (χ1) is 10.6. The first-order valence-corrected chi connectivity index (χ1v) is 7.35. The summed E-state index contributed by atoms with van der Waals surface area (Å²) in [4.78, 5) is 18.0. The number of hydrogen-bond donors (Lipinski definition) is 1. The number of amides is 1. The zero-order valence-corrected chi connectivity index (χ0v) is 12.4. The first-order valence-electron chi connectivity index (χ1n) is 7.35. The molecule has 0 aliphatic carbocycles. The second-order valence-corrected chi connectivity index (χ2v) is 5.58. The van der Waals surface area contributed by atoms with Crippen LogP contribution in [0.15, 0.2) is 42.5 Å². The maximum absolute atomic E-state index is 13.1. The molecular weight excluding hydrogens is 281 g/mol. The van der Waals surface area contributed by atoms with Crippen LogP contribution >= 0.6 is 0 Å². The molecule has 1 fully saturated rings. The monoisotopic (exact) mass is 299 g/mol. The second kappa shape index (κ2) is 6.13. The summed E-state index contributed by atoms with van der Waals surface area (Å²) < 4.78 is 13.1. The van der Waals surface area contributed by atoms with Crippen LogP contribution in [-0.2, 0) is 11.3 Å². The van der Waals surface area contributed by atoms with Crippen molar-refractivity contribution in [3.8, 4) is 0 Å².